The van der Waals surface area contributed by atoms with Gasteiger partial charge in [-0.15, -0.1) is 0 Å². The Morgan fingerprint density at radius 2 is 2.38 bits per heavy atom. The third-order valence-corrected chi connectivity index (χ3v) is 3.56. The van der Waals surface area contributed by atoms with Crippen molar-refractivity contribution in [3.8, 4) is 0 Å². The molecule has 0 aromatic carbocycles. The van der Waals surface area contributed by atoms with Crippen LogP contribution in [0.3, 0.4) is 0 Å². The summed E-state index contributed by atoms with van der Waals surface area (Å²) in [5.74, 6) is 0.477. The maximum absolute atomic E-state index is 11.7. The summed E-state index contributed by atoms with van der Waals surface area (Å²) in [7, 11) is 0. The second-order valence-corrected chi connectivity index (χ2v) is 4.53. The van der Waals surface area contributed by atoms with E-state index < -0.39 is 0 Å². The summed E-state index contributed by atoms with van der Waals surface area (Å²) in [6, 6.07) is 1.59. The van der Waals surface area contributed by atoms with Crippen LogP contribution in [0.25, 0.3) is 0 Å². The van der Waals surface area contributed by atoms with Crippen LogP contribution in [-0.4, -0.2) is 20.8 Å². The van der Waals surface area contributed by atoms with Crippen molar-refractivity contribution in [1.82, 2.24) is 9.55 Å². The van der Waals surface area contributed by atoms with E-state index in [9.17, 15) is 9.90 Å². The van der Waals surface area contributed by atoms with Gasteiger partial charge in [-0.1, -0.05) is 13.3 Å². The number of nitrogens with zero attached hydrogens (tertiary/aromatic N) is 2. The van der Waals surface area contributed by atoms with E-state index in [0.29, 0.717) is 12.3 Å². The monoisotopic (exact) mass is 222 g/mol. The molecule has 1 aliphatic carbocycles. The Morgan fingerprint density at radius 1 is 1.56 bits per heavy atom. The van der Waals surface area contributed by atoms with Crippen LogP contribution < -0.4 is 5.56 Å². The van der Waals surface area contributed by atoms with Gasteiger partial charge in [-0.05, 0) is 25.2 Å². The largest absolute Gasteiger partial charge is 0.393 e. The fourth-order valence-corrected chi connectivity index (χ4v) is 2.61. The van der Waals surface area contributed by atoms with Crippen molar-refractivity contribution in [2.45, 2.75) is 44.8 Å². The number of rotatable bonds is 2. The average molecular weight is 222 g/mol. The predicted molar refractivity (Wildman–Crippen MR) is 61.2 cm³/mol. The van der Waals surface area contributed by atoms with E-state index in [1.165, 1.54) is 12.3 Å². The summed E-state index contributed by atoms with van der Waals surface area (Å²) in [4.78, 5) is 15.7. The van der Waals surface area contributed by atoms with Gasteiger partial charge in [0, 0.05) is 18.3 Å². The highest BCUT2D eigenvalue weighted by molar-refractivity contribution is 4.90. The highest BCUT2D eigenvalue weighted by Crippen LogP contribution is 2.34. The molecule has 4 nitrogen and oxygen atoms in total. The maximum atomic E-state index is 11.7. The van der Waals surface area contributed by atoms with Gasteiger partial charge in [-0.25, -0.2) is 4.98 Å². The second-order valence-electron chi connectivity index (χ2n) is 4.53. The van der Waals surface area contributed by atoms with Crippen molar-refractivity contribution in [2.24, 2.45) is 5.92 Å². The molecular weight excluding hydrogens is 204 g/mol. The van der Waals surface area contributed by atoms with Crippen molar-refractivity contribution in [3.05, 3.63) is 28.9 Å². The molecule has 4 heteroatoms. The lowest BCUT2D eigenvalue weighted by atomic mass is 9.81. The number of aliphatic hydroxyl groups excluding tert-OH is 1. The van der Waals surface area contributed by atoms with Gasteiger partial charge in [0.2, 0.25) is 0 Å². The van der Waals surface area contributed by atoms with Crippen molar-refractivity contribution in [1.29, 1.82) is 0 Å². The van der Waals surface area contributed by atoms with E-state index in [-0.39, 0.29) is 17.7 Å². The molecule has 0 bridgehead atoms. The first-order valence-corrected chi connectivity index (χ1v) is 5.92. The van der Waals surface area contributed by atoms with E-state index in [0.717, 1.165) is 19.3 Å². The van der Waals surface area contributed by atoms with Crippen LogP contribution in [0.1, 0.15) is 38.6 Å². The van der Waals surface area contributed by atoms with E-state index in [1.54, 1.807) is 10.9 Å². The van der Waals surface area contributed by atoms with Gasteiger partial charge in [0.15, 0.2) is 0 Å². The highest BCUT2D eigenvalue weighted by atomic mass is 16.3. The Bertz CT molecular complexity index is 402. The van der Waals surface area contributed by atoms with Gasteiger partial charge >= 0.3 is 0 Å². The van der Waals surface area contributed by atoms with E-state index >= 15 is 0 Å². The summed E-state index contributed by atoms with van der Waals surface area (Å²) >= 11 is 0. The fourth-order valence-electron chi connectivity index (χ4n) is 2.61. The molecule has 1 saturated carbocycles. The molecule has 3 unspecified atom stereocenters. The Hall–Kier alpha value is -1.16. The first-order chi connectivity index (χ1) is 7.72. The minimum atomic E-state index is -0.278. The van der Waals surface area contributed by atoms with Crippen LogP contribution in [0.4, 0.5) is 0 Å². The van der Waals surface area contributed by atoms with Crippen molar-refractivity contribution in [3.63, 3.8) is 0 Å². The topological polar surface area (TPSA) is 55.1 Å². The summed E-state index contributed by atoms with van der Waals surface area (Å²) in [6.07, 6.45) is 6.38. The molecule has 1 N–H and O–H groups in total. The van der Waals surface area contributed by atoms with Gasteiger partial charge in [0.25, 0.3) is 5.56 Å². The zero-order chi connectivity index (χ0) is 11.5. The first-order valence-electron chi connectivity index (χ1n) is 5.92. The quantitative estimate of drug-likeness (QED) is 0.822. The minimum Gasteiger partial charge on any atom is -0.393 e. The van der Waals surface area contributed by atoms with Gasteiger partial charge in [0.05, 0.1) is 12.4 Å². The van der Waals surface area contributed by atoms with Crippen LogP contribution in [0.2, 0.25) is 0 Å². The lowest BCUT2D eigenvalue weighted by molar-refractivity contribution is 0.0696. The average Bonchev–Trinajstić information content (AvgIpc) is 2.29. The summed E-state index contributed by atoms with van der Waals surface area (Å²) < 4.78 is 1.68. The molecule has 0 saturated heterocycles. The van der Waals surface area contributed by atoms with Crippen molar-refractivity contribution in [2.75, 3.05) is 0 Å². The summed E-state index contributed by atoms with van der Waals surface area (Å²) in [5, 5.41) is 9.71. The SMILES string of the molecule is CCC1CCC(O)CC1n1cnccc1=O. The van der Waals surface area contributed by atoms with Gasteiger partial charge in [-0.2, -0.15) is 0 Å². The van der Waals surface area contributed by atoms with Gasteiger partial charge in [-0.3, -0.25) is 9.36 Å². The van der Waals surface area contributed by atoms with Gasteiger partial charge < -0.3 is 5.11 Å². The first kappa shape index (κ1) is 11.3. The second kappa shape index (κ2) is 4.78. The molecule has 0 aliphatic heterocycles. The standard InChI is InChI=1S/C12H18N2O2/c1-2-9-3-4-10(15)7-11(9)14-8-13-6-5-12(14)16/h5-6,8-11,15H,2-4,7H2,1H3. The molecule has 1 aromatic heterocycles. The third kappa shape index (κ3) is 2.16. The van der Waals surface area contributed by atoms with E-state index in [2.05, 4.69) is 11.9 Å². The van der Waals surface area contributed by atoms with Crippen molar-refractivity contribution < 1.29 is 5.11 Å². The Kier molecular flexibility index (Phi) is 3.39. The summed E-state index contributed by atoms with van der Waals surface area (Å²) in [6.45, 7) is 2.14. The molecular formula is C12H18N2O2. The van der Waals surface area contributed by atoms with Crippen LogP contribution in [0.15, 0.2) is 23.4 Å². The molecule has 1 aromatic rings. The lowest BCUT2D eigenvalue weighted by Crippen LogP contribution is -2.35. The molecule has 0 amide bonds. The van der Waals surface area contributed by atoms with E-state index in [1.807, 2.05) is 0 Å². The number of aromatic nitrogens is 2. The van der Waals surface area contributed by atoms with E-state index in [4.69, 9.17) is 0 Å². The Balaban J connectivity index is 2.29. The zero-order valence-electron chi connectivity index (χ0n) is 9.54. The Labute approximate surface area is 95.0 Å². The number of hydrogen-bond acceptors (Lipinski definition) is 3. The molecule has 1 aliphatic rings. The molecule has 2 rings (SSSR count). The summed E-state index contributed by atoms with van der Waals surface area (Å²) in [5.41, 5.74) is -0.0208. The molecule has 16 heavy (non-hydrogen) atoms. The molecule has 0 spiro atoms. The molecule has 0 radical (unpaired) electrons. The maximum Gasteiger partial charge on any atom is 0.253 e. The van der Waals surface area contributed by atoms with Crippen LogP contribution >= 0.6 is 0 Å². The van der Waals surface area contributed by atoms with Crippen LogP contribution in [0, 0.1) is 5.92 Å². The lowest BCUT2D eigenvalue weighted by Gasteiger charge is -2.34. The minimum absolute atomic E-state index is 0.0208. The predicted octanol–water partition coefficient (Wildman–Crippen LogP) is 1.36. The number of hydrogen-bond donors (Lipinski definition) is 1. The van der Waals surface area contributed by atoms with Gasteiger partial charge in [0.1, 0.15) is 0 Å². The smallest absolute Gasteiger partial charge is 0.253 e. The van der Waals surface area contributed by atoms with Crippen molar-refractivity contribution >= 4 is 0 Å². The highest BCUT2D eigenvalue weighted by Gasteiger charge is 2.30. The molecule has 3 atom stereocenters. The van der Waals surface area contributed by atoms with Crippen LogP contribution in [-0.2, 0) is 0 Å². The Morgan fingerprint density at radius 3 is 3.06 bits per heavy atom. The molecule has 88 valence electrons. The normalized spacial score (nSPS) is 30.2. The molecule has 1 heterocycles. The zero-order valence-corrected chi connectivity index (χ0v) is 9.54. The fraction of sp³-hybridized carbons (Fsp3) is 0.667. The molecule has 1 fully saturated rings. The third-order valence-electron chi connectivity index (χ3n) is 3.56. The van der Waals surface area contributed by atoms with Crippen LogP contribution in [0.5, 0.6) is 0 Å². The number of aliphatic hydroxyl groups is 1.